The molecule has 1 rings (SSSR count). The Labute approximate surface area is 196 Å². The van der Waals surface area contributed by atoms with E-state index in [1.165, 1.54) is 12.8 Å². The normalized spacial score (nSPS) is 20.9. The number of hydrogen-bond donors (Lipinski definition) is 0. The van der Waals surface area contributed by atoms with Crippen LogP contribution in [0.2, 0.25) is 83.1 Å². The average molecular weight is 501 g/mol. The molecular weight excluding hydrogens is 445 g/mol. The van der Waals surface area contributed by atoms with Crippen LogP contribution in [0.3, 0.4) is 0 Å². The molecule has 0 unspecified atom stereocenters. The highest BCUT2D eigenvalue weighted by Gasteiger charge is 2.77. The molecule has 1 fully saturated rings. The van der Waals surface area contributed by atoms with Crippen molar-refractivity contribution in [2.24, 2.45) is 0 Å². The molecule has 0 atom stereocenters. The van der Waals surface area contributed by atoms with Gasteiger partial charge < -0.3 is 4.46 Å². The van der Waals surface area contributed by atoms with Crippen molar-refractivity contribution >= 4 is 41.0 Å². The Bertz CT molecular complexity index is 550. The summed E-state index contributed by atoms with van der Waals surface area (Å²) in [6.07, 6.45) is 2.57. The summed E-state index contributed by atoms with van der Waals surface area (Å²) < 4.78 is 16.1. The third-order valence-corrected chi connectivity index (χ3v) is 53.4. The van der Waals surface area contributed by atoms with E-state index in [1.54, 1.807) is 0 Å². The van der Waals surface area contributed by atoms with Crippen LogP contribution < -0.4 is 0 Å². The van der Waals surface area contributed by atoms with Crippen LogP contribution in [0.5, 0.6) is 0 Å². The molecule has 0 spiro atoms. The van der Waals surface area contributed by atoms with E-state index in [0.29, 0.717) is 22.2 Å². The Morgan fingerprint density at radius 2 is 0.667 bits per heavy atom. The summed E-state index contributed by atoms with van der Waals surface area (Å²) in [7, 11) is -8.71. The van der Waals surface area contributed by atoms with Gasteiger partial charge in [0.15, 0.2) is 0 Å². The van der Waals surface area contributed by atoms with Crippen molar-refractivity contribution in [3.63, 3.8) is 0 Å². The maximum absolute atomic E-state index is 15.7. The van der Waals surface area contributed by atoms with E-state index in [2.05, 4.69) is 108 Å². The van der Waals surface area contributed by atoms with E-state index >= 15 is 4.46 Å². The SMILES string of the molecule is CC(C)[Si](C)(C)C1([Si](C)(C)C(C)C)CCC([Si](C)(C)C(C)C)([Si](C)(C)C(C)C)[Si]1=O. The molecule has 0 aromatic rings. The van der Waals surface area contributed by atoms with Crippen molar-refractivity contribution in [1.82, 2.24) is 0 Å². The first kappa shape index (κ1) is 28.9. The summed E-state index contributed by atoms with van der Waals surface area (Å²) in [6, 6.07) is 0. The molecule has 1 heterocycles. The van der Waals surface area contributed by atoms with Crippen molar-refractivity contribution in [3.8, 4) is 0 Å². The lowest BCUT2D eigenvalue weighted by molar-refractivity contribution is 0.547. The molecule has 0 N–H and O–H groups in total. The van der Waals surface area contributed by atoms with Crippen LogP contribution in [0.15, 0.2) is 0 Å². The van der Waals surface area contributed by atoms with Crippen LogP contribution in [0.4, 0.5) is 0 Å². The quantitative estimate of drug-likeness (QED) is 0.303. The number of hydrogen-bond acceptors (Lipinski definition) is 1. The van der Waals surface area contributed by atoms with Gasteiger partial charge in [-0.2, -0.15) is 0 Å². The fourth-order valence-corrected chi connectivity index (χ4v) is 49.1. The van der Waals surface area contributed by atoms with Gasteiger partial charge in [-0.3, -0.25) is 0 Å². The van der Waals surface area contributed by atoms with Gasteiger partial charge in [0.05, 0.1) is 32.3 Å². The summed E-state index contributed by atoms with van der Waals surface area (Å²) in [5.74, 6) is 0. The predicted molar refractivity (Wildman–Crippen MR) is 151 cm³/mol. The summed E-state index contributed by atoms with van der Waals surface area (Å²) in [4.78, 5) is 0. The lowest BCUT2D eigenvalue weighted by Crippen LogP contribution is -2.69. The van der Waals surface area contributed by atoms with Gasteiger partial charge in [-0.25, -0.2) is 0 Å². The molecule has 0 amide bonds. The van der Waals surface area contributed by atoms with E-state index in [1.807, 2.05) is 0 Å². The van der Waals surface area contributed by atoms with Gasteiger partial charge in [0, 0.05) is 8.57 Å². The molecule has 30 heavy (non-hydrogen) atoms. The summed E-state index contributed by atoms with van der Waals surface area (Å²) >= 11 is 0. The Hall–Kier alpha value is 0.884. The van der Waals surface area contributed by atoms with E-state index in [9.17, 15) is 0 Å². The Kier molecular flexibility index (Phi) is 8.28. The zero-order chi connectivity index (χ0) is 24.3. The van der Waals surface area contributed by atoms with Crippen molar-refractivity contribution in [2.45, 2.75) is 151 Å². The highest BCUT2D eigenvalue weighted by atomic mass is 28.5. The molecule has 6 heteroatoms. The largest absolute Gasteiger partial charge is 0.388 e. The molecule has 1 aliphatic rings. The third kappa shape index (κ3) is 3.52. The fourth-order valence-electron chi connectivity index (χ4n) is 7.06. The van der Waals surface area contributed by atoms with E-state index < -0.39 is 41.0 Å². The predicted octanol–water partition coefficient (Wildman–Crippen LogP) is 9.31. The minimum Gasteiger partial charge on any atom is -0.388 e. The second-order valence-electron chi connectivity index (χ2n) is 14.1. The first-order valence-corrected chi connectivity index (χ1v) is 26.4. The van der Waals surface area contributed by atoms with Crippen LogP contribution in [-0.2, 0) is 4.46 Å². The molecule has 178 valence electrons. The first-order chi connectivity index (χ1) is 13.1. The number of rotatable bonds is 8. The van der Waals surface area contributed by atoms with E-state index in [-0.39, 0.29) is 8.57 Å². The zero-order valence-electron chi connectivity index (χ0n) is 23.6. The molecule has 1 nitrogen and oxygen atoms in total. The van der Waals surface area contributed by atoms with Crippen molar-refractivity contribution in [1.29, 1.82) is 0 Å². The van der Waals surface area contributed by atoms with Gasteiger partial charge in [0.1, 0.15) is 0 Å². The molecule has 1 saturated heterocycles. The van der Waals surface area contributed by atoms with Gasteiger partial charge in [-0.05, 0) is 12.8 Å². The van der Waals surface area contributed by atoms with Crippen molar-refractivity contribution in [2.75, 3.05) is 0 Å². The molecule has 0 aromatic carbocycles. The molecule has 1 aliphatic heterocycles. The minimum absolute atomic E-state index is 0.200. The highest BCUT2D eigenvalue weighted by molar-refractivity contribution is 7.19. The molecule has 0 radical (unpaired) electrons. The Morgan fingerprint density at radius 1 is 0.500 bits per heavy atom. The second-order valence-corrected chi connectivity index (χ2v) is 41.3. The topological polar surface area (TPSA) is 17.1 Å². The summed E-state index contributed by atoms with van der Waals surface area (Å²) in [5, 5.41) is 0. The Morgan fingerprint density at radius 3 is 0.800 bits per heavy atom. The summed E-state index contributed by atoms with van der Waals surface area (Å²) in [5.41, 5.74) is 2.78. The first-order valence-electron chi connectivity index (χ1n) is 12.7. The van der Waals surface area contributed by atoms with Crippen molar-refractivity contribution < 1.29 is 4.46 Å². The maximum atomic E-state index is 15.7. The van der Waals surface area contributed by atoms with Crippen LogP contribution in [0, 0.1) is 0 Å². The van der Waals surface area contributed by atoms with Gasteiger partial charge in [0.25, 0.3) is 8.68 Å². The standard InChI is InChI=1S/C24H56OSi5/c1-19(2)27(9,10)23(28(11,12)20(3)4)17-18-24(26(23)25,29(13,14)21(5)6)30(15,16)22(7)8/h19-22H,17-18H2,1-16H3. The lowest BCUT2D eigenvalue weighted by Gasteiger charge is -2.59. The van der Waals surface area contributed by atoms with E-state index in [4.69, 9.17) is 0 Å². The molecule has 0 aliphatic carbocycles. The zero-order valence-corrected chi connectivity index (χ0v) is 28.6. The minimum atomic E-state index is -1.76. The van der Waals surface area contributed by atoms with Crippen LogP contribution in [0.1, 0.15) is 68.2 Å². The molecular formula is C24H56OSi5. The van der Waals surface area contributed by atoms with Crippen molar-refractivity contribution in [3.05, 3.63) is 0 Å². The highest BCUT2D eigenvalue weighted by Crippen LogP contribution is 2.73. The smallest absolute Gasteiger partial charge is 0.278 e. The molecule has 0 bridgehead atoms. The van der Waals surface area contributed by atoms with Gasteiger partial charge in [0.2, 0.25) is 0 Å². The van der Waals surface area contributed by atoms with Gasteiger partial charge in [-0.15, -0.1) is 0 Å². The summed E-state index contributed by atoms with van der Waals surface area (Å²) in [6.45, 7) is 40.8. The Balaban J connectivity index is 4.11. The molecule has 0 aromatic heterocycles. The molecule has 0 saturated carbocycles. The van der Waals surface area contributed by atoms with Crippen LogP contribution >= 0.6 is 0 Å². The van der Waals surface area contributed by atoms with Gasteiger partial charge >= 0.3 is 0 Å². The second kappa shape index (κ2) is 8.59. The van der Waals surface area contributed by atoms with Gasteiger partial charge in [-0.1, -0.05) is 130 Å². The van der Waals surface area contributed by atoms with Crippen LogP contribution in [0.25, 0.3) is 0 Å². The monoisotopic (exact) mass is 500 g/mol. The third-order valence-electron chi connectivity index (χ3n) is 11.8. The fraction of sp³-hybridized carbons (Fsp3) is 1.00. The lowest BCUT2D eigenvalue weighted by atomic mass is 10.4. The average Bonchev–Trinajstić information content (AvgIpc) is 2.90. The van der Waals surface area contributed by atoms with Crippen LogP contribution in [-0.4, -0.2) is 41.0 Å². The maximum Gasteiger partial charge on any atom is 0.278 e. The van der Waals surface area contributed by atoms with E-state index in [0.717, 1.165) is 0 Å².